The van der Waals surface area contributed by atoms with Crippen LogP contribution in [0.4, 0.5) is 0 Å². The van der Waals surface area contributed by atoms with Gasteiger partial charge in [-0.05, 0) is 30.7 Å². The van der Waals surface area contributed by atoms with E-state index in [0.717, 1.165) is 18.7 Å². The van der Waals surface area contributed by atoms with Gasteiger partial charge in [-0.25, -0.2) is 0 Å². The molecule has 0 saturated carbocycles. The van der Waals surface area contributed by atoms with E-state index in [-0.39, 0.29) is 5.91 Å². The van der Waals surface area contributed by atoms with Crippen LogP contribution in [0, 0.1) is 0 Å². The first-order valence-electron chi connectivity index (χ1n) is 12.7. The van der Waals surface area contributed by atoms with Crippen molar-refractivity contribution in [2.75, 3.05) is 6.54 Å². The van der Waals surface area contributed by atoms with Crippen molar-refractivity contribution < 1.29 is 4.79 Å². The highest BCUT2D eigenvalue weighted by molar-refractivity contribution is 5.86. The van der Waals surface area contributed by atoms with Gasteiger partial charge in [0.05, 0.1) is 5.69 Å². The van der Waals surface area contributed by atoms with Crippen molar-refractivity contribution in [1.82, 2.24) is 10.3 Å². The zero-order chi connectivity index (χ0) is 22.8. The maximum Gasteiger partial charge on any atom is 0.243 e. The molecule has 3 nitrogen and oxygen atoms in total. The summed E-state index contributed by atoms with van der Waals surface area (Å²) in [7, 11) is 0. The second kappa shape index (κ2) is 24.4. The van der Waals surface area contributed by atoms with Crippen molar-refractivity contribution in [1.29, 1.82) is 0 Å². The van der Waals surface area contributed by atoms with Crippen LogP contribution < -0.4 is 5.32 Å². The van der Waals surface area contributed by atoms with Crippen molar-refractivity contribution in [3.05, 3.63) is 49.3 Å². The van der Waals surface area contributed by atoms with Crippen LogP contribution in [0.25, 0.3) is 6.08 Å². The van der Waals surface area contributed by atoms with E-state index in [1.807, 2.05) is 18.2 Å². The van der Waals surface area contributed by atoms with Crippen LogP contribution in [0.2, 0.25) is 0 Å². The average molecular weight is 429 g/mol. The van der Waals surface area contributed by atoms with Crippen molar-refractivity contribution in [3.63, 3.8) is 0 Å². The fraction of sp³-hybridized carbons (Fsp3) is 0.643. The number of pyridine rings is 1. The number of carbonyl (C=O) groups excluding carboxylic acids is 1. The maximum atomic E-state index is 10.9. The fourth-order valence-corrected chi connectivity index (χ4v) is 3.45. The molecular formula is C28H48N2O. The molecule has 176 valence electrons. The van der Waals surface area contributed by atoms with E-state index in [2.05, 4.69) is 30.4 Å². The lowest BCUT2D eigenvalue weighted by molar-refractivity contribution is -0.116. The van der Waals surface area contributed by atoms with Crippen LogP contribution in [-0.4, -0.2) is 17.4 Å². The molecule has 1 heterocycles. The molecule has 0 bridgehead atoms. The van der Waals surface area contributed by atoms with Crippen molar-refractivity contribution in [2.45, 2.75) is 110 Å². The molecule has 3 heteroatoms. The van der Waals surface area contributed by atoms with E-state index in [1.165, 1.54) is 102 Å². The Hall–Kier alpha value is -1.90. The Bertz CT molecular complexity index is 527. The fourth-order valence-electron chi connectivity index (χ4n) is 3.45. The molecule has 0 spiro atoms. The number of unbranched alkanes of at least 4 members (excludes halogenated alkanes) is 15. The topological polar surface area (TPSA) is 42.0 Å². The molecular weight excluding hydrogens is 380 g/mol. The van der Waals surface area contributed by atoms with Crippen LogP contribution in [0.3, 0.4) is 0 Å². The Labute approximate surface area is 192 Å². The number of nitrogens with one attached hydrogen (secondary N) is 1. The van der Waals surface area contributed by atoms with E-state index in [4.69, 9.17) is 0 Å². The van der Waals surface area contributed by atoms with Crippen LogP contribution in [-0.2, 0) is 4.79 Å². The highest BCUT2D eigenvalue weighted by Crippen LogP contribution is 2.13. The summed E-state index contributed by atoms with van der Waals surface area (Å²) in [5.74, 6) is -0.0500. The number of rotatable bonds is 19. The van der Waals surface area contributed by atoms with E-state index >= 15 is 0 Å². The molecule has 0 aliphatic heterocycles. The van der Waals surface area contributed by atoms with Crippen molar-refractivity contribution in [3.8, 4) is 0 Å². The summed E-state index contributed by atoms with van der Waals surface area (Å²) in [4.78, 5) is 14.9. The van der Waals surface area contributed by atoms with Gasteiger partial charge in [0.2, 0.25) is 5.91 Å². The van der Waals surface area contributed by atoms with Gasteiger partial charge < -0.3 is 5.32 Å². The molecule has 0 saturated heterocycles. The average Bonchev–Trinajstić information content (AvgIpc) is 2.81. The predicted molar refractivity (Wildman–Crippen MR) is 137 cm³/mol. The lowest BCUT2D eigenvalue weighted by Gasteiger charge is -2.04. The molecule has 0 unspecified atom stereocenters. The number of nitrogens with zero attached hydrogens (tertiary/aromatic N) is 1. The molecule has 0 aliphatic carbocycles. The monoisotopic (exact) mass is 428 g/mol. The molecule has 0 radical (unpaired) electrons. The zero-order valence-corrected chi connectivity index (χ0v) is 20.3. The third kappa shape index (κ3) is 22.6. The standard InChI is InChI=1S/C21H41NO.C7H7N/c1-3-5-6-7-8-9-10-11-12-13-14-15-16-17-18-19-20-22-21(23)4-2;1-2-7-5-3-4-6-8-7/h4H,2-3,5-20H2,1H3,(H,22,23);2-6H,1H2. The molecule has 1 aromatic heterocycles. The third-order valence-corrected chi connectivity index (χ3v) is 5.41. The molecule has 31 heavy (non-hydrogen) atoms. The molecule has 1 N–H and O–H groups in total. The molecule has 0 aliphatic rings. The number of carbonyl (C=O) groups is 1. The Kier molecular flexibility index (Phi) is 22.9. The molecule has 0 aromatic carbocycles. The Balaban J connectivity index is 0.000000929. The molecule has 1 aromatic rings. The van der Waals surface area contributed by atoms with Crippen LogP contribution in [0.15, 0.2) is 43.6 Å². The lowest BCUT2D eigenvalue weighted by atomic mass is 10.0. The minimum atomic E-state index is -0.0500. The second-order valence-electron chi connectivity index (χ2n) is 8.26. The minimum Gasteiger partial charge on any atom is -0.353 e. The highest BCUT2D eigenvalue weighted by atomic mass is 16.1. The van der Waals surface area contributed by atoms with Gasteiger partial charge in [-0.1, -0.05) is 122 Å². The van der Waals surface area contributed by atoms with Gasteiger partial charge in [-0.15, -0.1) is 0 Å². The summed E-state index contributed by atoms with van der Waals surface area (Å²) in [5, 5.41) is 2.82. The summed E-state index contributed by atoms with van der Waals surface area (Å²) >= 11 is 0. The van der Waals surface area contributed by atoms with Crippen LogP contribution >= 0.6 is 0 Å². The number of hydrogen-bond donors (Lipinski definition) is 1. The van der Waals surface area contributed by atoms with Gasteiger partial charge >= 0.3 is 0 Å². The quantitative estimate of drug-likeness (QED) is 0.178. The number of hydrogen-bond acceptors (Lipinski definition) is 2. The summed E-state index contributed by atoms with van der Waals surface area (Å²) in [6.07, 6.45) is 26.9. The highest BCUT2D eigenvalue weighted by Gasteiger charge is 1.95. The number of aromatic nitrogens is 1. The van der Waals surface area contributed by atoms with E-state index in [1.54, 1.807) is 12.3 Å². The smallest absolute Gasteiger partial charge is 0.243 e. The van der Waals surface area contributed by atoms with Gasteiger partial charge in [0, 0.05) is 12.7 Å². The van der Waals surface area contributed by atoms with Gasteiger partial charge in [-0.3, -0.25) is 9.78 Å². The first kappa shape index (κ1) is 29.1. The molecule has 0 atom stereocenters. The van der Waals surface area contributed by atoms with Crippen molar-refractivity contribution >= 4 is 12.0 Å². The summed E-state index contributed by atoms with van der Waals surface area (Å²) in [6.45, 7) is 10.1. The van der Waals surface area contributed by atoms with E-state index < -0.39 is 0 Å². The molecule has 0 fully saturated rings. The Morgan fingerprint density at radius 2 is 1.29 bits per heavy atom. The summed E-state index contributed by atoms with van der Waals surface area (Å²) in [6, 6.07) is 5.73. The van der Waals surface area contributed by atoms with E-state index in [0.29, 0.717) is 0 Å². The zero-order valence-electron chi connectivity index (χ0n) is 20.3. The largest absolute Gasteiger partial charge is 0.353 e. The van der Waals surface area contributed by atoms with E-state index in [9.17, 15) is 4.79 Å². The first-order chi connectivity index (χ1) is 15.2. The Morgan fingerprint density at radius 1 is 0.806 bits per heavy atom. The predicted octanol–water partition coefficient (Wildman–Crippen LogP) is 8.27. The molecule has 1 rings (SSSR count). The van der Waals surface area contributed by atoms with Gasteiger partial charge in [-0.2, -0.15) is 0 Å². The van der Waals surface area contributed by atoms with Crippen molar-refractivity contribution in [2.24, 2.45) is 0 Å². The first-order valence-corrected chi connectivity index (χ1v) is 12.7. The summed E-state index contributed by atoms with van der Waals surface area (Å²) in [5.41, 5.74) is 0.924. The number of amides is 1. The van der Waals surface area contributed by atoms with Gasteiger partial charge in [0.1, 0.15) is 0 Å². The Morgan fingerprint density at radius 3 is 1.65 bits per heavy atom. The lowest BCUT2D eigenvalue weighted by Crippen LogP contribution is -2.21. The molecule has 1 amide bonds. The second-order valence-corrected chi connectivity index (χ2v) is 8.26. The minimum absolute atomic E-state index is 0.0500. The van der Waals surface area contributed by atoms with Gasteiger partial charge in [0.15, 0.2) is 0 Å². The maximum absolute atomic E-state index is 10.9. The van der Waals surface area contributed by atoms with Crippen LogP contribution in [0.5, 0.6) is 0 Å². The normalized spacial score (nSPS) is 10.1. The SMILES string of the molecule is C=CC(=O)NCCCCCCCCCCCCCCCCCC.C=Cc1ccccn1. The van der Waals surface area contributed by atoms with Gasteiger partial charge in [0.25, 0.3) is 0 Å². The third-order valence-electron chi connectivity index (χ3n) is 5.41. The summed E-state index contributed by atoms with van der Waals surface area (Å²) < 4.78 is 0. The van der Waals surface area contributed by atoms with Crippen LogP contribution in [0.1, 0.15) is 115 Å².